The van der Waals surface area contributed by atoms with Crippen LogP contribution in [0.5, 0.6) is 0 Å². The summed E-state index contributed by atoms with van der Waals surface area (Å²) < 4.78 is 0. The number of aromatic amines is 1. The minimum absolute atomic E-state index is 1.14. The molecule has 2 nitrogen and oxygen atoms in total. The highest BCUT2D eigenvalue weighted by Crippen LogP contribution is 2.17. The van der Waals surface area contributed by atoms with Crippen molar-refractivity contribution in [3.63, 3.8) is 0 Å². The molecule has 2 heteroatoms. The Balaban J connectivity index is 2.78. The summed E-state index contributed by atoms with van der Waals surface area (Å²) in [6.45, 7) is 2.19. The zero-order valence-corrected chi connectivity index (χ0v) is 7.52. The molecule has 1 heterocycles. The summed E-state index contributed by atoms with van der Waals surface area (Å²) >= 11 is 0. The van der Waals surface area contributed by atoms with Crippen LogP contribution in [0.1, 0.15) is 19.0 Å². The molecule has 11 heavy (non-hydrogen) atoms. The summed E-state index contributed by atoms with van der Waals surface area (Å²) in [5, 5.41) is 0. The summed E-state index contributed by atoms with van der Waals surface area (Å²) in [6.07, 6.45) is 4.34. The smallest absolute Gasteiger partial charge is 0.0571 e. The van der Waals surface area contributed by atoms with Gasteiger partial charge in [0.2, 0.25) is 0 Å². The second kappa shape index (κ2) is 3.46. The van der Waals surface area contributed by atoms with Gasteiger partial charge in [0.15, 0.2) is 0 Å². The normalized spacial score (nSPS) is 10.1. The molecule has 0 aliphatic heterocycles. The highest BCUT2D eigenvalue weighted by atomic mass is 15.1. The van der Waals surface area contributed by atoms with Crippen LogP contribution >= 0.6 is 0 Å². The predicted molar refractivity (Wildman–Crippen MR) is 49.1 cm³/mol. The molecule has 62 valence electrons. The molecule has 0 bridgehead atoms. The van der Waals surface area contributed by atoms with Crippen LogP contribution in [0.4, 0.5) is 5.69 Å². The summed E-state index contributed by atoms with van der Waals surface area (Å²) in [5.74, 6) is 0. The Morgan fingerprint density at radius 3 is 2.73 bits per heavy atom. The minimum Gasteiger partial charge on any atom is -0.376 e. The number of nitrogens with zero attached hydrogens (tertiary/aromatic N) is 1. The number of aromatic nitrogens is 1. The molecule has 0 saturated heterocycles. The second-order valence-corrected chi connectivity index (χ2v) is 2.99. The van der Waals surface area contributed by atoms with Crippen LogP contribution in [-0.4, -0.2) is 19.1 Å². The van der Waals surface area contributed by atoms with Gasteiger partial charge in [-0.25, -0.2) is 0 Å². The average molecular weight is 152 g/mol. The van der Waals surface area contributed by atoms with Crippen LogP contribution in [0.15, 0.2) is 12.3 Å². The lowest BCUT2D eigenvalue weighted by Gasteiger charge is -2.12. The molecule has 1 N–H and O–H groups in total. The highest BCUT2D eigenvalue weighted by Gasteiger charge is 2.02. The van der Waals surface area contributed by atoms with Gasteiger partial charge in [0.1, 0.15) is 0 Å². The molecule has 0 fully saturated rings. The molecule has 0 unspecified atom stereocenters. The van der Waals surface area contributed by atoms with Crippen LogP contribution in [0.25, 0.3) is 0 Å². The molecule has 0 spiro atoms. The Morgan fingerprint density at radius 2 is 2.18 bits per heavy atom. The van der Waals surface area contributed by atoms with E-state index in [1.807, 2.05) is 6.20 Å². The van der Waals surface area contributed by atoms with Gasteiger partial charge in [-0.05, 0) is 12.5 Å². The summed E-state index contributed by atoms with van der Waals surface area (Å²) in [7, 11) is 4.14. The van der Waals surface area contributed by atoms with Gasteiger partial charge in [0, 0.05) is 26.0 Å². The number of rotatable bonds is 3. The lowest BCUT2D eigenvalue weighted by atomic mass is 10.2. The van der Waals surface area contributed by atoms with Crippen molar-refractivity contribution < 1.29 is 0 Å². The number of hydrogen-bond donors (Lipinski definition) is 1. The van der Waals surface area contributed by atoms with Gasteiger partial charge in [0.25, 0.3) is 0 Å². The Labute approximate surface area is 68.2 Å². The Hall–Kier alpha value is -0.920. The number of hydrogen-bond acceptors (Lipinski definition) is 1. The van der Waals surface area contributed by atoms with E-state index in [0.717, 1.165) is 6.42 Å². The first-order chi connectivity index (χ1) is 5.25. The number of H-pyrrole nitrogens is 1. The highest BCUT2D eigenvalue weighted by molar-refractivity contribution is 5.49. The van der Waals surface area contributed by atoms with Crippen LogP contribution in [0, 0.1) is 0 Å². The maximum atomic E-state index is 3.25. The third-order valence-electron chi connectivity index (χ3n) is 1.79. The molecule has 1 aromatic rings. The molecule has 1 rings (SSSR count). The Kier molecular flexibility index (Phi) is 2.58. The minimum atomic E-state index is 1.14. The Morgan fingerprint density at radius 1 is 1.45 bits per heavy atom. The zero-order valence-electron chi connectivity index (χ0n) is 7.52. The lowest BCUT2D eigenvalue weighted by molar-refractivity contribution is 0.885. The van der Waals surface area contributed by atoms with Gasteiger partial charge < -0.3 is 9.88 Å². The van der Waals surface area contributed by atoms with Gasteiger partial charge >= 0.3 is 0 Å². The van der Waals surface area contributed by atoms with E-state index < -0.39 is 0 Å². The van der Waals surface area contributed by atoms with E-state index in [1.54, 1.807) is 0 Å². The van der Waals surface area contributed by atoms with Crippen LogP contribution in [-0.2, 0) is 6.42 Å². The van der Waals surface area contributed by atoms with Gasteiger partial charge in [-0.15, -0.1) is 0 Å². The average Bonchev–Trinajstić information content (AvgIpc) is 2.36. The molecule has 0 aromatic carbocycles. The van der Waals surface area contributed by atoms with E-state index in [9.17, 15) is 0 Å². The SMILES string of the molecule is CCCc1[nH]ccc1N(C)C. The Bertz CT molecular complexity index is 213. The van der Waals surface area contributed by atoms with Gasteiger partial charge in [-0.2, -0.15) is 0 Å². The monoisotopic (exact) mass is 152 g/mol. The first kappa shape index (κ1) is 8.18. The van der Waals surface area contributed by atoms with Crippen molar-refractivity contribution in [1.29, 1.82) is 0 Å². The van der Waals surface area contributed by atoms with Crippen molar-refractivity contribution >= 4 is 5.69 Å². The van der Waals surface area contributed by atoms with Crippen LogP contribution in [0.2, 0.25) is 0 Å². The first-order valence-electron chi connectivity index (χ1n) is 4.09. The predicted octanol–water partition coefficient (Wildman–Crippen LogP) is 2.03. The maximum absolute atomic E-state index is 3.25. The largest absolute Gasteiger partial charge is 0.376 e. The van der Waals surface area contributed by atoms with Gasteiger partial charge in [-0.3, -0.25) is 0 Å². The quantitative estimate of drug-likeness (QED) is 0.702. The summed E-state index contributed by atoms with van der Waals surface area (Å²) in [4.78, 5) is 5.39. The third kappa shape index (κ3) is 1.76. The molecule has 0 aliphatic rings. The molecule has 0 saturated carbocycles. The summed E-state index contributed by atoms with van der Waals surface area (Å²) in [6, 6.07) is 2.12. The fourth-order valence-corrected chi connectivity index (χ4v) is 1.26. The first-order valence-corrected chi connectivity index (χ1v) is 4.09. The topological polar surface area (TPSA) is 19.0 Å². The molecule has 0 atom stereocenters. The number of anilines is 1. The molecular weight excluding hydrogens is 136 g/mol. The van der Waals surface area contributed by atoms with E-state index in [-0.39, 0.29) is 0 Å². The molecule has 0 radical (unpaired) electrons. The van der Waals surface area contributed by atoms with Gasteiger partial charge in [-0.1, -0.05) is 13.3 Å². The molecular formula is C9H16N2. The fraction of sp³-hybridized carbons (Fsp3) is 0.556. The van der Waals surface area contributed by atoms with E-state index >= 15 is 0 Å². The van der Waals surface area contributed by atoms with E-state index in [1.165, 1.54) is 17.8 Å². The standard InChI is InChI=1S/C9H16N2/c1-4-5-8-9(11(2)3)6-7-10-8/h6-7,10H,4-5H2,1-3H3. The summed E-state index contributed by atoms with van der Waals surface area (Å²) in [5.41, 5.74) is 2.66. The molecule has 0 amide bonds. The van der Waals surface area contributed by atoms with Crippen LogP contribution < -0.4 is 4.90 Å². The van der Waals surface area contributed by atoms with Crippen molar-refractivity contribution in [3.05, 3.63) is 18.0 Å². The lowest BCUT2D eigenvalue weighted by Crippen LogP contribution is -2.09. The van der Waals surface area contributed by atoms with Crippen molar-refractivity contribution in [2.45, 2.75) is 19.8 Å². The van der Waals surface area contributed by atoms with Crippen molar-refractivity contribution in [2.75, 3.05) is 19.0 Å². The molecule has 0 aliphatic carbocycles. The molecule has 1 aromatic heterocycles. The van der Waals surface area contributed by atoms with E-state index in [0.29, 0.717) is 0 Å². The third-order valence-corrected chi connectivity index (χ3v) is 1.79. The van der Waals surface area contributed by atoms with Crippen molar-refractivity contribution in [1.82, 2.24) is 4.98 Å². The van der Waals surface area contributed by atoms with E-state index in [2.05, 4.69) is 37.0 Å². The van der Waals surface area contributed by atoms with E-state index in [4.69, 9.17) is 0 Å². The second-order valence-electron chi connectivity index (χ2n) is 2.99. The van der Waals surface area contributed by atoms with Crippen molar-refractivity contribution in [2.24, 2.45) is 0 Å². The van der Waals surface area contributed by atoms with Crippen LogP contribution in [0.3, 0.4) is 0 Å². The van der Waals surface area contributed by atoms with Crippen molar-refractivity contribution in [3.8, 4) is 0 Å². The zero-order chi connectivity index (χ0) is 8.27. The fourth-order valence-electron chi connectivity index (χ4n) is 1.26. The number of aryl methyl sites for hydroxylation is 1. The van der Waals surface area contributed by atoms with Gasteiger partial charge in [0.05, 0.1) is 5.69 Å². The number of nitrogens with one attached hydrogen (secondary N) is 1. The maximum Gasteiger partial charge on any atom is 0.0571 e.